The van der Waals surface area contributed by atoms with E-state index in [-0.39, 0.29) is 5.91 Å². The van der Waals surface area contributed by atoms with Gasteiger partial charge in [0.15, 0.2) is 0 Å². The maximum atomic E-state index is 12.5. The lowest BCUT2D eigenvalue weighted by Crippen LogP contribution is -2.15. The van der Waals surface area contributed by atoms with Crippen LogP contribution in [0.25, 0.3) is 5.69 Å². The highest BCUT2D eigenvalue weighted by Crippen LogP contribution is 2.17. The smallest absolute Gasteiger partial charge is 0.258 e. The predicted octanol–water partition coefficient (Wildman–Crippen LogP) is 3.49. The molecular formula is C21H17N5O2. The van der Waals surface area contributed by atoms with Gasteiger partial charge in [-0.25, -0.2) is 0 Å². The maximum absolute atomic E-state index is 12.5. The third-order valence-electron chi connectivity index (χ3n) is 4.08. The van der Waals surface area contributed by atoms with Crippen molar-refractivity contribution < 1.29 is 9.53 Å². The number of anilines is 1. The Morgan fingerprint density at radius 2 is 1.71 bits per heavy atom. The summed E-state index contributed by atoms with van der Waals surface area (Å²) < 4.78 is 7.44. The van der Waals surface area contributed by atoms with Gasteiger partial charge in [0.2, 0.25) is 5.95 Å². The number of rotatable bonds is 6. The Labute approximate surface area is 161 Å². The van der Waals surface area contributed by atoms with Crippen LogP contribution in [0.5, 0.6) is 5.75 Å². The van der Waals surface area contributed by atoms with Gasteiger partial charge in [0, 0.05) is 18.0 Å². The summed E-state index contributed by atoms with van der Waals surface area (Å²) in [6, 6.07) is 20.3. The molecule has 4 rings (SSSR count). The van der Waals surface area contributed by atoms with Crippen molar-refractivity contribution in [3.63, 3.8) is 0 Å². The van der Waals surface area contributed by atoms with E-state index in [9.17, 15) is 4.79 Å². The zero-order valence-electron chi connectivity index (χ0n) is 14.9. The van der Waals surface area contributed by atoms with Crippen molar-refractivity contribution in [3.8, 4) is 11.4 Å². The third kappa shape index (κ3) is 4.04. The van der Waals surface area contributed by atoms with Gasteiger partial charge in [0.05, 0.1) is 5.69 Å². The molecule has 7 heteroatoms. The van der Waals surface area contributed by atoms with Gasteiger partial charge in [0.1, 0.15) is 18.7 Å². The van der Waals surface area contributed by atoms with Crippen LogP contribution in [0, 0.1) is 0 Å². The molecule has 2 aromatic heterocycles. The Balaban J connectivity index is 1.41. The molecule has 7 nitrogen and oxygen atoms in total. The Hall–Kier alpha value is -4.00. The first-order valence-electron chi connectivity index (χ1n) is 8.68. The van der Waals surface area contributed by atoms with E-state index < -0.39 is 0 Å². The van der Waals surface area contributed by atoms with Gasteiger partial charge in [-0.3, -0.25) is 19.7 Å². The summed E-state index contributed by atoms with van der Waals surface area (Å²) in [6.45, 7) is 0.439. The lowest BCUT2D eigenvalue weighted by molar-refractivity contribution is 0.102. The number of benzene rings is 2. The number of amides is 1. The predicted molar refractivity (Wildman–Crippen MR) is 104 cm³/mol. The zero-order valence-corrected chi connectivity index (χ0v) is 14.9. The number of pyridine rings is 1. The van der Waals surface area contributed by atoms with Crippen molar-refractivity contribution in [2.24, 2.45) is 0 Å². The molecule has 4 aromatic rings. The average Bonchev–Trinajstić information content (AvgIpc) is 3.22. The number of carbonyl (C=O) groups is 1. The number of hydrogen-bond donors (Lipinski definition) is 1. The molecule has 28 heavy (non-hydrogen) atoms. The van der Waals surface area contributed by atoms with Crippen molar-refractivity contribution in [2.45, 2.75) is 6.61 Å². The van der Waals surface area contributed by atoms with Crippen LogP contribution >= 0.6 is 0 Å². The van der Waals surface area contributed by atoms with Gasteiger partial charge in [-0.1, -0.05) is 18.2 Å². The van der Waals surface area contributed by atoms with E-state index in [1.807, 2.05) is 42.5 Å². The molecule has 0 unspecified atom stereocenters. The van der Waals surface area contributed by atoms with E-state index in [1.54, 1.807) is 47.6 Å². The Kier molecular flexibility index (Phi) is 5.06. The number of nitrogens with one attached hydrogen (secondary N) is 1. The van der Waals surface area contributed by atoms with Crippen LogP contribution < -0.4 is 10.1 Å². The summed E-state index contributed by atoms with van der Waals surface area (Å²) in [4.78, 5) is 16.5. The molecule has 0 saturated carbocycles. The minimum absolute atomic E-state index is 0.272. The fourth-order valence-electron chi connectivity index (χ4n) is 2.62. The minimum Gasteiger partial charge on any atom is -0.489 e. The molecule has 2 heterocycles. The second-order valence-electron chi connectivity index (χ2n) is 5.98. The van der Waals surface area contributed by atoms with E-state index in [0.29, 0.717) is 23.9 Å². The van der Waals surface area contributed by atoms with Crippen LogP contribution in [0.15, 0.2) is 85.5 Å². The highest BCUT2D eigenvalue weighted by molar-refractivity contribution is 6.03. The van der Waals surface area contributed by atoms with E-state index in [2.05, 4.69) is 20.5 Å². The highest BCUT2D eigenvalue weighted by atomic mass is 16.5. The Bertz CT molecular complexity index is 1050. The SMILES string of the molecule is O=C(Nc1nncn1-c1ccccc1)c1ccc(OCc2ccncc2)cc1. The lowest BCUT2D eigenvalue weighted by atomic mass is 10.2. The van der Waals surface area contributed by atoms with E-state index in [0.717, 1.165) is 11.3 Å². The van der Waals surface area contributed by atoms with Gasteiger partial charge in [0.25, 0.3) is 5.91 Å². The molecule has 0 atom stereocenters. The molecule has 0 spiro atoms. The molecule has 0 aliphatic rings. The maximum Gasteiger partial charge on any atom is 0.258 e. The van der Waals surface area contributed by atoms with Crippen molar-refractivity contribution in [1.82, 2.24) is 19.7 Å². The van der Waals surface area contributed by atoms with Crippen LogP contribution in [0.1, 0.15) is 15.9 Å². The van der Waals surface area contributed by atoms with Crippen LogP contribution in [0.3, 0.4) is 0 Å². The summed E-state index contributed by atoms with van der Waals surface area (Å²) in [7, 11) is 0. The minimum atomic E-state index is -0.272. The van der Waals surface area contributed by atoms with Gasteiger partial charge in [-0.2, -0.15) is 0 Å². The van der Waals surface area contributed by atoms with Gasteiger partial charge < -0.3 is 4.74 Å². The number of ether oxygens (including phenoxy) is 1. The summed E-state index contributed by atoms with van der Waals surface area (Å²) in [6.07, 6.45) is 5.00. The second-order valence-corrected chi connectivity index (χ2v) is 5.98. The number of para-hydroxylation sites is 1. The van der Waals surface area contributed by atoms with E-state index >= 15 is 0 Å². The van der Waals surface area contributed by atoms with Crippen molar-refractivity contribution in [3.05, 3.63) is 96.6 Å². The summed E-state index contributed by atoms with van der Waals surface area (Å²) in [5, 5.41) is 10.7. The Morgan fingerprint density at radius 1 is 0.964 bits per heavy atom. The Morgan fingerprint density at radius 3 is 2.46 bits per heavy atom. The zero-order chi connectivity index (χ0) is 19.2. The molecular weight excluding hydrogens is 354 g/mol. The number of nitrogens with zero attached hydrogens (tertiary/aromatic N) is 4. The molecule has 0 fully saturated rings. The molecule has 0 aliphatic heterocycles. The van der Waals surface area contributed by atoms with Crippen molar-refractivity contribution in [2.75, 3.05) is 5.32 Å². The van der Waals surface area contributed by atoms with Gasteiger partial charge in [-0.05, 0) is 54.1 Å². The molecule has 0 radical (unpaired) electrons. The van der Waals surface area contributed by atoms with Crippen molar-refractivity contribution in [1.29, 1.82) is 0 Å². The summed E-state index contributed by atoms with van der Waals surface area (Å²) in [5.41, 5.74) is 2.39. The molecule has 2 aromatic carbocycles. The molecule has 1 N–H and O–H groups in total. The molecule has 0 aliphatic carbocycles. The van der Waals surface area contributed by atoms with Gasteiger partial charge >= 0.3 is 0 Å². The highest BCUT2D eigenvalue weighted by Gasteiger charge is 2.12. The van der Waals surface area contributed by atoms with E-state index in [4.69, 9.17) is 4.74 Å². The molecule has 0 saturated heterocycles. The van der Waals surface area contributed by atoms with Gasteiger partial charge in [-0.15, -0.1) is 10.2 Å². The largest absolute Gasteiger partial charge is 0.489 e. The lowest BCUT2D eigenvalue weighted by Gasteiger charge is -2.09. The second kappa shape index (κ2) is 8.13. The first-order chi connectivity index (χ1) is 13.8. The standard InChI is InChI=1S/C21H17N5O2/c27-20(24-21-25-23-15-26(21)18-4-2-1-3-5-18)17-6-8-19(9-7-17)28-14-16-10-12-22-13-11-16/h1-13,15H,14H2,(H,24,25,27). The third-order valence-corrected chi connectivity index (χ3v) is 4.08. The fourth-order valence-corrected chi connectivity index (χ4v) is 2.62. The molecule has 0 bridgehead atoms. The molecule has 1 amide bonds. The molecule has 138 valence electrons. The number of hydrogen-bond acceptors (Lipinski definition) is 5. The topological polar surface area (TPSA) is 81.9 Å². The van der Waals surface area contributed by atoms with Crippen molar-refractivity contribution >= 4 is 11.9 Å². The summed E-state index contributed by atoms with van der Waals surface area (Å²) in [5.74, 6) is 0.765. The van der Waals surface area contributed by atoms with Crippen LogP contribution in [0.4, 0.5) is 5.95 Å². The number of carbonyl (C=O) groups excluding carboxylic acids is 1. The number of aromatic nitrogens is 4. The van der Waals surface area contributed by atoms with E-state index in [1.165, 1.54) is 0 Å². The first kappa shape index (κ1) is 17.4. The summed E-state index contributed by atoms with van der Waals surface area (Å²) >= 11 is 0. The quantitative estimate of drug-likeness (QED) is 0.561. The average molecular weight is 371 g/mol. The monoisotopic (exact) mass is 371 g/mol. The first-order valence-corrected chi connectivity index (χ1v) is 8.68. The van der Waals surface area contributed by atoms with Crippen LogP contribution in [-0.4, -0.2) is 25.7 Å². The van der Waals surface area contributed by atoms with Crippen LogP contribution in [0.2, 0.25) is 0 Å². The fraction of sp³-hybridized carbons (Fsp3) is 0.0476. The van der Waals surface area contributed by atoms with Crippen LogP contribution in [-0.2, 0) is 6.61 Å². The normalized spacial score (nSPS) is 10.4.